The van der Waals surface area contributed by atoms with Crippen molar-refractivity contribution in [3.8, 4) is 0 Å². The third-order valence-corrected chi connectivity index (χ3v) is 4.42. The third-order valence-electron chi connectivity index (χ3n) is 4.42. The summed E-state index contributed by atoms with van der Waals surface area (Å²) in [4.78, 5) is 0. The number of aliphatic hydroxyl groups excluding tert-OH is 1. The van der Waals surface area contributed by atoms with Crippen molar-refractivity contribution in [2.24, 2.45) is 11.8 Å². The van der Waals surface area contributed by atoms with Gasteiger partial charge < -0.3 is 5.11 Å². The summed E-state index contributed by atoms with van der Waals surface area (Å²) in [7, 11) is 0. The van der Waals surface area contributed by atoms with E-state index in [0.717, 1.165) is 18.8 Å². The summed E-state index contributed by atoms with van der Waals surface area (Å²) in [5.74, 6) is 1.53. The molecule has 0 amide bonds. The standard InChI is InChI=1S/C16H30O/c1-3-5-6-7-8-9-16(17)15-12-10-14(4-2)11-13-15/h3,14-17H,1,4-13H2,2H3. The summed E-state index contributed by atoms with van der Waals surface area (Å²) < 4.78 is 0. The molecule has 0 saturated heterocycles. The van der Waals surface area contributed by atoms with Gasteiger partial charge in [-0.15, -0.1) is 6.58 Å². The van der Waals surface area contributed by atoms with E-state index in [1.165, 1.54) is 51.4 Å². The van der Waals surface area contributed by atoms with Crippen LogP contribution in [-0.2, 0) is 0 Å². The molecule has 0 aromatic rings. The zero-order valence-electron chi connectivity index (χ0n) is 11.5. The van der Waals surface area contributed by atoms with Crippen molar-refractivity contribution in [1.82, 2.24) is 0 Å². The molecule has 1 nitrogen and oxygen atoms in total. The van der Waals surface area contributed by atoms with Gasteiger partial charge in [0.25, 0.3) is 0 Å². The molecule has 0 aromatic heterocycles. The van der Waals surface area contributed by atoms with Gasteiger partial charge in [-0.25, -0.2) is 0 Å². The van der Waals surface area contributed by atoms with E-state index in [4.69, 9.17) is 0 Å². The van der Waals surface area contributed by atoms with Crippen LogP contribution in [-0.4, -0.2) is 11.2 Å². The van der Waals surface area contributed by atoms with Crippen LogP contribution in [0.15, 0.2) is 12.7 Å². The maximum absolute atomic E-state index is 10.2. The van der Waals surface area contributed by atoms with Gasteiger partial charge in [-0.3, -0.25) is 0 Å². The molecule has 1 saturated carbocycles. The molecule has 1 N–H and O–H groups in total. The lowest BCUT2D eigenvalue weighted by Crippen LogP contribution is -2.25. The predicted molar refractivity (Wildman–Crippen MR) is 75.0 cm³/mol. The van der Waals surface area contributed by atoms with Gasteiger partial charge in [-0.1, -0.05) is 45.1 Å². The van der Waals surface area contributed by atoms with Gasteiger partial charge in [0.05, 0.1) is 6.10 Å². The summed E-state index contributed by atoms with van der Waals surface area (Å²) in [5.41, 5.74) is 0. The van der Waals surface area contributed by atoms with Crippen molar-refractivity contribution >= 4 is 0 Å². The van der Waals surface area contributed by atoms with Crippen LogP contribution in [0.1, 0.15) is 71.1 Å². The highest BCUT2D eigenvalue weighted by Crippen LogP contribution is 2.33. The molecule has 100 valence electrons. The lowest BCUT2D eigenvalue weighted by atomic mass is 9.77. The SMILES string of the molecule is C=CCCCCCC(O)C1CCC(CC)CC1. The van der Waals surface area contributed by atoms with Crippen LogP contribution in [0.4, 0.5) is 0 Å². The number of hydrogen-bond acceptors (Lipinski definition) is 1. The summed E-state index contributed by atoms with van der Waals surface area (Å²) in [6.07, 6.45) is 14.3. The lowest BCUT2D eigenvalue weighted by Gasteiger charge is -2.31. The minimum atomic E-state index is -0.0310. The minimum Gasteiger partial charge on any atom is -0.393 e. The van der Waals surface area contributed by atoms with Gasteiger partial charge in [-0.2, -0.15) is 0 Å². The van der Waals surface area contributed by atoms with Crippen molar-refractivity contribution in [1.29, 1.82) is 0 Å². The Balaban J connectivity index is 2.07. The Kier molecular flexibility index (Phi) is 7.59. The molecule has 1 aliphatic rings. The normalized spacial score (nSPS) is 26.7. The maximum atomic E-state index is 10.2. The molecular formula is C16H30O. The Bertz CT molecular complexity index is 192. The topological polar surface area (TPSA) is 20.2 Å². The average molecular weight is 238 g/mol. The summed E-state index contributed by atoms with van der Waals surface area (Å²) in [5, 5.41) is 10.2. The van der Waals surface area contributed by atoms with Crippen molar-refractivity contribution in [3.05, 3.63) is 12.7 Å². The molecule has 0 aromatic carbocycles. The first-order chi connectivity index (χ1) is 8.27. The average Bonchev–Trinajstić information content (AvgIpc) is 2.38. The largest absolute Gasteiger partial charge is 0.393 e. The second-order valence-corrected chi connectivity index (χ2v) is 5.68. The molecule has 0 aliphatic heterocycles. The first-order valence-corrected chi connectivity index (χ1v) is 7.56. The third kappa shape index (κ3) is 5.72. The Morgan fingerprint density at radius 3 is 2.47 bits per heavy atom. The van der Waals surface area contributed by atoms with Crippen molar-refractivity contribution in [3.63, 3.8) is 0 Å². The maximum Gasteiger partial charge on any atom is 0.0568 e. The van der Waals surface area contributed by atoms with Gasteiger partial charge in [0.15, 0.2) is 0 Å². The van der Waals surface area contributed by atoms with E-state index in [9.17, 15) is 5.11 Å². The molecule has 1 aliphatic carbocycles. The van der Waals surface area contributed by atoms with Gasteiger partial charge in [-0.05, 0) is 43.9 Å². The van der Waals surface area contributed by atoms with Gasteiger partial charge >= 0.3 is 0 Å². The monoisotopic (exact) mass is 238 g/mol. The fourth-order valence-electron chi connectivity index (χ4n) is 3.04. The second-order valence-electron chi connectivity index (χ2n) is 5.68. The van der Waals surface area contributed by atoms with Crippen LogP contribution in [0.25, 0.3) is 0 Å². The molecule has 1 rings (SSSR count). The molecule has 17 heavy (non-hydrogen) atoms. The first kappa shape index (κ1) is 14.8. The molecule has 1 fully saturated rings. The minimum absolute atomic E-state index is 0.0310. The summed E-state index contributed by atoms with van der Waals surface area (Å²) >= 11 is 0. The Morgan fingerprint density at radius 2 is 1.88 bits per heavy atom. The van der Waals surface area contributed by atoms with Crippen LogP contribution in [0.3, 0.4) is 0 Å². The summed E-state index contributed by atoms with van der Waals surface area (Å²) in [6, 6.07) is 0. The number of aliphatic hydroxyl groups is 1. The Hall–Kier alpha value is -0.300. The number of allylic oxidation sites excluding steroid dienone is 1. The predicted octanol–water partition coefficient (Wildman–Crippen LogP) is 4.70. The van der Waals surface area contributed by atoms with Crippen LogP contribution in [0.5, 0.6) is 0 Å². The highest BCUT2D eigenvalue weighted by atomic mass is 16.3. The van der Waals surface area contributed by atoms with Crippen LogP contribution in [0.2, 0.25) is 0 Å². The highest BCUT2D eigenvalue weighted by molar-refractivity contribution is 4.77. The zero-order valence-corrected chi connectivity index (χ0v) is 11.5. The fourth-order valence-corrected chi connectivity index (χ4v) is 3.04. The molecule has 1 unspecified atom stereocenters. The van der Waals surface area contributed by atoms with E-state index in [1.807, 2.05) is 6.08 Å². The van der Waals surface area contributed by atoms with E-state index in [-0.39, 0.29) is 6.10 Å². The summed E-state index contributed by atoms with van der Waals surface area (Å²) in [6.45, 7) is 6.03. The molecule has 0 heterocycles. The zero-order chi connectivity index (χ0) is 12.5. The molecule has 1 atom stereocenters. The fraction of sp³-hybridized carbons (Fsp3) is 0.875. The molecular weight excluding hydrogens is 208 g/mol. The second kappa shape index (κ2) is 8.74. The first-order valence-electron chi connectivity index (χ1n) is 7.56. The van der Waals surface area contributed by atoms with E-state index >= 15 is 0 Å². The van der Waals surface area contributed by atoms with Crippen LogP contribution in [0, 0.1) is 11.8 Å². The molecule has 1 heteroatoms. The highest BCUT2D eigenvalue weighted by Gasteiger charge is 2.25. The van der Waals surface area contributed by atoms with Crippen LogP contribution < -0.4 is 0 Å². The van der Waals surface area contributed by atoms with Gasteiger partial charge in [0.1, 0.15) is 0 Å². The molecule has 0 spiro atoms. The number of unbranched alkanes of at least 4 members (excludes halogenated alkanes) is 3. The lowest BCUT2D eigenvalue weighted by molar-refractivity contribution is 0.0642. The number of hydrogen-bond donors (Lipinski definition) is 1. The molecule has 0 bridgehead atoms. The van der Waals surface area contributed by atoms with E-state index in [0.29, 0.717) is 5.92 Å². The van der Waals surface area contributed by atoms with E-state index in [1.54, 1.807) is 0 Å². The number of rotatable bonds is 8. The molecule has 0 radical (unpaired) electrons. The van der Waals surface area contributed by atoms with Crippen molar-refractivity contribution < 1.29 is 5.11 Å². The van der Waals surface area contributed by atoms with E-state index < -0.39 is 0 Å². The van der Waals surface area contributed by atoms with Crippen molar-refractivity contribution in [2.75, 3.05) is 0 Å². The van der Waals surface area contributed by atoms with Crippen molar-refractivity contribution in [2.45, 2.75) is 77.2 Å². The van der Waals surface area contributed by atoms with E-state index in [2.05, 4.69) is 13.5 Å². The quantitative estimate of drug-likeness (QED) is 0.480. The van der Waals surface area contributed by atoms with Gasteiger partial charge in [0, 0.05) is 0 Å². The Morgan fingerprint density at radius 1 is 1.18 bits per heavy atom. The Labute approximate surface area is 107 Å². The van der Waals surface area contributed by atoms with Gasteiger partial charge in [0.2, 0.25) is 0 Å². The smallest absolute Gasteiger partial charge is 0.0568 e. The van der Waals surface area contributed by atoms with Crippen LogP contribution >= 0.6 is 0 Å².